The third kappa shape index (κ3) is 1.96. The summed E-state index contributed by atoms with van der Waals surface area (Å²) in [4.78, 5) is 11.8. The minimum Gasteiger partial charge on any atom is -0.426 e. The first-order chi connectivity index (χ1) is 11.1. The van der Waals surface area contributed by atoms with Crippen molar-refractivity contribution in [3.63, 3.8) is 0 Å². The number of aliphatic hydroxyl groups excluding tert-OH is 1. The highest BCUT2D eigenvalue weighted by molar-refractivity contribution is 5.86. The zero-order chi connectivity index (χ0) is 17.5. The molecule has 0 amide bonds. The van der Waals surface area contributed by atoms with Gasteiger partial charge in [0.05, 0.1) is 6.10 Å². The summed E-state index contributed by atoms with van der Waals surface area (Å²) in [6, 6.07) is 0. The molecule has 0 bridgehead atoms. The van der Waals surface area contributed by atoms with Crippen LogP contribution in [0.1, 0.15) is 59.8 Å². The highest BCUT2D eigenvalue weighted by Gasteiger charge is 2.64. The van der Waals surface area contributed by atoms with E-state index in [1.807, 2.05) is 0 Å². The Bertz CT molecular complexity index is 609. The lowest BCUT2D eigenvalue weighted by Crippen LogP contribution is -2.62. The molecule has 4 aliphatic rings. The van der Waals surface area contributed by atoms with E-state index in [0.717, 1.165) is 31.3 Å². The van der Waals surface area contributed by atoms with Crippen LogP contribution in [0.15, 0.2) is 11.6 Å². The van der Waals surface area contributed by atoms with Crippen molar-refractivity contribution < 1.29 is 19.7 Å². The zero-order valence-electron chi connectivity index (χ0n) is 15.2. The van der Waals surface area contributed by atoms with Gasteiger partial charge in [-0.25, -0.2) is 4.79 Å². The van der Waals surface area contributed by atoms with E-state index in [-0.39, 0.29) is 28.8 Å². The van der Waals surface area contributed by atoms with Crippen LogP contribution in [0.4, 0.5) is 0 Å². The molecule has 0 aromatic heterocycles. The Morgan fingerprint density at radius 3 is 2.62 bits per heavy atom. The normalized spacial score (nSPS) is 52.7. The van der Waals surface area contributed by atoms with Crippen molar-refractivity contribution in [2.75, 3.05) is 0 Å². The predicted octanol–water partition coefficient (Wildman–Crippen LogP) is 3.03. The Hall–Kier alpha value is -0.870. The van der Waals surface area contributed by atoms with Crippen molar-refractivity contribution in [3.8, 4) is 0 Å². The van der Waals surface area contributed by atoms with Gasteiger partial charge in [0.15, 0.2) is 0 Å². The maximum absolute atomic E-state index is 11.8. The second-order valence-electron chi connectivity index (χ2n) is 9.61. The predicted molar refractivity (Wildman–Crippen MR) is 89.7 cm³/mol. The SMILES string of the molecule is C[C@@H]1C2=CC(=O)O[C@]2(O)C[C@@H]2[C@@H]1CC[C@@H]1C(C)(C)CC[C@@H](O)[C@]21C. The van der Waals surface area contributed by atoms with Gasteiger partial charge in [-0.3, -0.25) is 0 Å². The van der Waals surface area contributed by atoms with Crippen LogP contribution in [0, 0.1) is 34.5 Å². The molecule has 0 saturated heterocycles. The molecule has 0 unspecified atom stereocenters. The smallest absolute Gasteiger partial charge is 0.333 e. The summed E-state index contributed by atoms with van der Waals surface area (Å²) in [6.45, 7) is 8.98. The molecule has 1 aliphatic heterocycles. The maximum atomic E-state index is 11.8. The number of aliphatic hydroxyl groups is 2. The van der Waals surface area contributed by atoms with Crippen molar-refractivity contribution >= 4 is 5.97 Å². The van der Waals surface area contributed by atoms with Crippen LogP contribution in [0.25, 0.3) is 0 Å². The van der Waals surface area contributed by atoms with E-state index in [2.05, 4.69) is 27.7 Å². The molecule has 3 aliphatic carbocycles. The van der Waals surface area contributed by atoms with Crippen LogP contribution in [0.3, 0.4) is 0 Å². The van der Waals surface area contributed by atoms with Gasteiger partial charge in [0.1, 0.15) is 0 Å². The van der Waals surface area contributed by atoms with Crippen LogP contribution in [-0.2, 0) is 9.53 Å². The number of esters is 1. The molecule has 2 N–H and O–H groups in total. The highest BCUT2D eigenvalue weighted by atomic mass is 16.7. The van der Waals surface area contributed by atoms with Gasteiger partial charge in [0.25, 0.3) is 0 Å². The molecule has 3 fully saturated rings. The van der Waals surface area contributed by atoms with Gasteiger partial charge in [-0.2, -0.15) is 0 Å². The number of hydrogen-bond donors (Lipinski definition) is 2. The van der Waals surface area contributed by atoms with Gasteiger partial charge in [0, 0.05) is 23.5 Å². The molecule has 4 nitrogen and oxygen atoms in total. The van der Waals surface area contributed by atoms with E-state index < -0.39 is 11.8 Å². The summed E-state index contributed by atoms with van der Waals surface area (Å²) in [5, 5.41) is 22.0. The molecular weight excluding hydrogens is 304 g/mol. The molecule has 24 heavy (non-hydrogen) atoms. The standard InChI is InChI=1S/C20H30O4/c1-11-12-5-6-15-18(2,3)8-7-16(21)19(15,4)14(12)10-20(23)13(11)9-17(22)24-20/h9,11-12,14-16,21,23H,5-8,10H2,1-4H3/t11-,12+,14+,15+,16+,19+,20+/m0/s1. The van der Waals surface area contributed by atoms with Crippen LogP contribution in [0.5, 0.6) is 0 Å². The van der Waals surface area contributed by atoms with E-state index >= 15 is 0 Å². The topological polar surface area (TPSA) is 66.8 Å². The molecule has 0 aromatic rings. The molecule has 134 valence electrons. The minimum atomic E-state index is -1.45. The van der Waals surface area contributed by atoms with E-state index in [1.165, 1.54) is 6.08 Å². The Morgan fingerprint density at radius 2 is 1.92 bits per heavy atom. The first-order valence-electron chi connectivity index (χ1n) is 9.45. The maximum Gasteiger partial charge on any atom is 0.333 e. The van der Waals surface area contributed by atoms with E-state index in [0.29, 0.717) is 18.3 Å². The number of carbonyl (C=O) groups is 1. The Labute approximate surface area is 144 Å². The molecule has 4 heteroatoms. The first-order valence-corrected chi connectivity index (χ1v) is 9.45. The fourth-order valence-corrected chi connectivity index (χ4v) is 6.94. The zero-order valence-corrected chi connectivity index (χ0v) is 15.2. The van der Waals surface area contributed by atoms with Crippen molar-refractivity contribution in [1.29, 1.82) is 0 Å². The average molecular weight is 334 g/mol. The molecule has 1 heterocycles. The monoisotopic (exact) mass is 334 g/mol. The van der Waals surface area contributed by atoms with Crippen molar-refractivity contribution in [3.05, 3.63) is 11.6 Å². The Morgan fingerprint density at radius 1 is 1.21 bits per heavy atom. The van der Waals surface area contributed by atoms with E-state index in [4.69, 9.17) is 4.74 Å². The van der Waals surface area contributed by atoms with Crippen LogP contribution in [-0.4, -0.2) is 28.1 Å². The summed E-state index contributed by atoms with van der Waals surface area (Å²) in [5.41, 5.74) is 0.725. The van der Waals surface area contributed by atoms with E-state index in [9.17, 15) is 15.0 Å². The summed E-state index contributed by atoms with van der Waals surface area (Å²) in [6.07, 6.45) is 5.67. The Kier molecular flexibility index (Phi) is 3.35. The van der Waals surface area contributed by atoms with Crippen LogP contribution < -0.4 is 0 Å². The van der Waals surface area contributed by atoms with Gasteiger partial charge >= 0.3 is 5.97 Å². The van der Waals surface area contributed by atoms with E-state index in [1.54, 1.807) is 0 Å². The second kappa shape index (κ2) is 4.85. The fourth-order valence-electron chi connectivity index (χ4n) is 6.94. The summed E-state index contributed by atoms with van der Waals surface area (Å²) < 4.78 is 5.33. The summed E-state index contributed by atoms with van der Waals surface area (Å²) in [5.74, 6) is -0.748. The highest BCUT2D eigenvalue weighted by Crippen LogP contribution is 2.66. The number of carbonyl (C=O) groups excluding carboxylic acids is 1. The van der Waals surface area contributed by atoms with Gasteiger partial charge in [-0.1, -0.05) is 27.7 Å². The van der Waals surface area contributed by atoms with Crippen molar-refractivity contribution in [1.82, 2.24) is 0 Å². The fraction of sp³-hybridized carbons (Fsp3) is 0.850. The summed E-state index contributed by atoms with van der Waals surface area (Å²) >= 11 is 0. The molecule has 7 atom stereocenters. The van der Waals surface area contributed by atoms with Gasteiger partial charge in [0.2, 0.25) is 5.79 Å². The van der Waals surface area contributed by atoms with Gasteiger partial charge < -0.3 is 14.9 Å². The molecule has 0 radical (unpaired) electrons. The van der Waals surface area contributed by atoms with Gasteiger partial charge in [-0.15, -0.1) is 0 Å². The summed E-state index contributed by atoms with van der Waals surface area (Å²) in [7, 11) is 0. The molecule has 4 rings (SSSR count). The van der Waals surface area contributed by atoms with Crippen molar-refractivity contribution in [2.24, 2.45) is 34.5 Å². The van der Waals surface area contributed by atoms with Crippen LogP contribution in [0.2, 0.25) is 0 Å². The first kappa shape index (κ1) is 16.6. The number of ether oxygens (including phenoxy) is 1. The van der Waals surface area contributed by atoms with Crippen LogP contribution >= 0.6 is 0 Å². The van der Waals surface area contributed by atoms with Gasteiger partial charge in [-0.05, 0) is 54.8 Å². The molecule has 3 saturated carbocycles. The number of hydrogen-bond acceptors (Lipinski definition) is 4. The second-order valence-corrected chi connectivity index (χ2v) is 9.61. The third-order valence-corrected chi connectivity index (χ3v) is 8.20. The quantitative estimate of drug-likeness (QED) is 0.668. The number of rotatable bonds is 0. The largest absolute Gasteiger partial charge is 0.426 e. The lowest BCUT2D eigenvalue weighted by atomic mass is 9.42. The molecule has 0 aromatic carbocycles. The lowest BCUT2D eigenvalue weighted by molar-refractivity contribution is -0.236. The third-order valence-electron chi connectivity index (χ3n) is 8.20. The number of fused-ring (bicyclic) bond motifs is 4. The lowest BCUT2D eigenvalue weighted by Gasteiger charge is -2.64. The molecular formula is C20H30O4. The minimum absolute atomic E-state index is 0.121. The van der Waals surface area contributed by atoms with Crippen molar-refractivity contribution in [2.45, 2.75) is 71.7 Å². The molecule has 0 spiro atoms. The Balaban J connectivity index is 1.77. The average Bonchev–Trinajstić information content (AvgIpc) is 2.79.